The zero-order chi connectivity index (χ0) is 29.5. The summed E-state index contributed by atoms with van der Waals surface area (Å²) in [7, 11) is 0. The van der Waals surface area contributed by atoms with E-state index >= 15 is 0 Å². The van der Waals surface area contributed by atoms with Crippen LogP contribution in [0, 0.1) is 6.92 Å². The number of hydrogen-bond donors (Lipinski definition) is 3. The van der Waals surface area contributed by atoms with Gasteiger partial charge in [0.2, 0.25) is 0 Å². The Balaban J connectivity index is 1.20. The van der Waals surface area contributed by atoms with Gasteiger partial charge in [0, 0.05) is 29.3 Å². The summed E-state index contributed by atoms with van der Waals surface area (Å²) in [5, 5.41) is 21.9. The van der Waals surface area contributed by atoms with E-state index in [-0.39, 0.29) is 40.0 Å². The van der Waals surface area contributed by atoms with Gasteiger partial charge in [0.1, 0.15) is 34.7 Å². The molecule has 0 unspecified atom stereocenters. The van der Waals surface area contributed by atoms with E-state index < -0.39 is 29.2 Å². The molecule has 5 heterocycles. The quantitative estimate of drug-likeness (QED) is 0.170. The molecule has 1 aliphatic carbocycles. The molecule has 1 saturated carbocycles. The molecule has 0 spiro atoms. The monoisotopic (exact) mass is 613 g/mol. The first kappa shape index (κ1) is 28.0. The molecule has 2 aromatic heterocycles. The van der Waals surface area contributed by atoms with Crippen LogP contribution < -0.4 is 16.0 Å². The lowest BCUT2D eigenvalue weighted by molar-refractivity contribution is -0.150. The van der Waals surface area contributed by atoms with Crippen molar-refractivity contribution in [1.29, 1.82) is 0 Å². The zero-order valence-electron chi connectivity index (χ0n) is 22.4. The molecule has 2 aromatic rings. The van der Waals surface area contributed by atoms with E-state index in [1.54, 1.807) is 24.4 Å². The van der Waals surface area contributed by atoms with Crippen molar-refractivity contribution in [2.75, 3.05) is 22.9 Å². The number of rotatable bonds is 8. The van der Waals surface area contributed by atoms with Gasteiger partial charge in [-0.25, -0.2) is 9.78 Å². The number of hydrogen-bond acceptors (Lipinski definition) is 12. The molecule has 6 rings (SSSR count). The number of oxime groups is 1. The number of anilines is 2. The van der Waals surface area contributed by atoms with Gasteiger partial charge in [0.25, 0.3) is 17.7 Å². The fourth-order valence-electron chi connectivity index (χ4n) is 5.34. The van der Waals surface area contributed by atoms with Crippen molar-refractivity contribution < 1.29 is 33.6 Å². The van der Waals surface area contributed by atoms with Crippen LogP contribution in [0.2, 0.25) is 0 Å². The molecule has 42 heavy (non-hydrogen) atoms. The lowest BCUT2D eigenvalue weighted by Gasteiger charge is -2.49. The van der Waals surface area contributed by atoms with E-state index in [9.17, 15) is 24.3 Å². The fraction of sp³-hybridized carbons (Fsp3) is 0.423. The van der Waals surface area contributed by atoms with Crippen molar-refractivity contribution in [1.82, 2.24) is 20.4 Å². The summed E-state index contributed by atoms with van der Waals surface area (Å²) in [6, 6.07) is 0.662. The number of thioether (sulfide) groups is 1. The summed E-state index contributed by atoms with van der Waals surface area (Å²) in [4.78, 5) is 64.3. The second-order valence-corrected chi connectivity index (χ2v) is 12.2. The summed E-state index contributed by atoms with van der Waals surface area (Å²) < 4.78 is 5.07. The van der Waals surface area contributed by atoms with Crippen LogP contribution in [-0.4, -0.2) is 79.4 Å². The third-order valence-corrected chi connectivity index (χ3v) is 9.40. The molecule has 16 heteroatoms. The predicted octanol–water partition coefficient (Wildman–Crippen LogP) is 1.79. The first-order valence-corrected chi connectivity index (χ1v) is 15.3. The van der Waals surface area contributed by atoms with Crippen LogP contribution in [0.3, 0.4) is 0 Å². The number of aromatic nitrogens is 2. The number of carboxylic acid groups (broad SMARTS) is 1. The van der Waals surface area contributed by atoms with Crippen molar-refractivity contribution in [3.8, 4) is 0 Å². The van der Waals surface area contributed by atoms with Crippen LogP contribution in [-0.2, 0) is 24.0 Å². The summed E-state index contributed by atoms with van der Waals surface area (Å²) in [6.45, 7) is 2.10. The van der Waals surface area contributed by atoms with E-state index in [1.807, 2.05) is 0 Å². The smallest absolute Gasteiger partial charge is 0.352 e. The van der Waals surface area contributed by atoms with Gasteiger partial charge in [-0.2, -0.15) is 0 Å². The number of carbonyl (C=O) groups excluding carboxylic acids is 3. The first-order valence-electron chi connectivity index (χ1n) is 13.3. The Morgan fingerprint density at radius 3 is 2.76 bits per heavy atom. The number of allylic oxidation sites excluding steroid dienone is 1. The zero-order valence-corrected chi connectivity index (χ0v) is 24.1. The molecular weight excluding hydrogens is 586 g/mol. The molecule has 2 atom stereocenters. The second kappa shape index (κ2) is 11.2. The van der Waals surface area contributed by atoms with Crippen LogP contribution in [0.25, 0.3) is 0 Å². The third-order valence-electron chi connectivity index (χ3n) is 7.43. The van der Waals surface area contributed by atoms with E-state index in [0.29, 0.717) is 35.7 Å². The van der Waals surface area contributed by atoms with Gasteiger partial charge in [0.05, 0.1) is 0 Å². The number of β-lactam (4-membered cyclic amide) rings is 1. The van der Waals surface area contributed by atoms with Crippen LogP contribution in [0.4, 0.5) is 10.9 Å². The van der Waals surface area contributed by atoms with Crippen LogP contribution >= 0.6 is 23.1 Å². The maximum atomic E-state index is 13.3. The number of nitrogens with one attached hydrogen (secondary N) is 1. The van der Waals surface area contributed by atoms with Gasteiger partial charge < -0.3 is 25.5 Å². The molecule has 14 nitrogen and oxygen atoms in total. The van der Waals surface area contributed by atoms with Crippen LogP contribution in [0.5, 0.6) is 0 Å². The minimum absolute atomic E-state index is 0.104. The number of aliphatic carboxylic acids is 1. The lowest BCUT2D eigenvalue weighted by Crippen LogP contribution is -2.71. The molecule has 3 aliphatic heterocycles. The topological polar surface area (TPSA) is 194 Å². The average molecular weight is 614 g/mol. The van der Waals surface area contributed by atoms with Crippen LogP contribution in [0.1, 0.15) is 43.6 Å². The molecule has 0 aromatic carbocycles. The Morgan fingerprint density at radius 2 is 2.10 bits per heavy atom. The van der Waals surface area contributed by atoms with Gasteiger partial charge >= 0.3 is 5.97 Å². The number of nitrogens with two attached hydrogens (primary N) is 1. The number of fused-ring (bicyclic) bond motifs is 1. The maximum Gasteiger partial charge on any atom is 0.352 e. The average Bonchev–Trinajstić information content (AvgIpc) is 3.78. The molecule has 4 N–H and O–H groups in total. The molecule has 4 aliphatic rings. The summed E-state index contributed by atoms with van der Waals surface area (Å²) in [5.41, 5.74) is 6.42. The Labute approximate surface area is 247 Å². The van der Waals surface area contributed by atoms with Gasteiger partial charge in [-0.05, 0) is 50.7 Å². The molecule has 220 valence electrons. The largest absolute Gasteiger partial charge is 0.477 e. The number of carbonyl (C=O) groups is 4. The van der Waals surface area contributed by atoms with Crippen molar-refractivity contribution in [3.05, 3.63) is 45.8 Å². The minimum atomic E-state index is -1.30. The SMILES string of the molecule is Cc1cc(N2CC/C(=C\C3=C(C(=O)O)N4C(=O)[C@@H](NC(=O)/C(=N\OC5CCCC5)c5csc(N)n5)[C@H]4SC3)C2=O)no1. The Hall–Kier alpha value is -4.18. The van der Waals surface area contributed by atoms with Gasteiger partial charge in [-0.1, -0.05) is 10.3 Å². The van der Waals surface area contributed by atoms with Crippen molar-refractivity contribution in [3.63, 3.8) is 0 Å². The summed E-state index contributed by atoms with van der Waals surface area (Å²) in [5.74, 6) is -1.69. The number of nitrogen functional groups attached to an aromatic ring is 1. The van der Waals surface area contributed by atoms with E-state index in [4.69, 9.17) is 15.1 Å². The highest BCUT2D eigenvalue weighted by molar-refractivity contribution is 8.00. The van der Waals surface area contributed by atoms with Crippen molar-refractivity contribution >= 4 is 63.5 Å². The molecule has 0 radical (unpaired) electrons. The van der Waals surface area contributed by atoms with E-state index in [0.717, 1.165) is 41.9 Å². The number of nitrogens with zero attached hydrogens (tertiary/aromatic N) is 5. The third kappa shape index (κ3) is 5.15. The normalized spacial score (nSPS) is 23.9. The van der Waals surface area contributed by atoms with Gasteiger partial charge in [-0.3, -0.25) is 24.2 Å². The fourth-order valence-corrected chi connectivity index (χ4v) is 7.20. The molecule has 3 amide bonds. The minimum Gasteiger partial charge on any atom is -0.477 e. The highest BCUT2D eigenvalue weighted by atomic mass is 32.2. The van der Waals surface area contributed by atoms with E-state index in [2.05, 4.69) is 20.6 Å². The first-order chi connectivity index (χ1) is 20.2. The summed E-state index contributed by atoms with van der Waals surface area (Å²) >= 11 is 2.44. The number of amides is 3. The highest BCUT2D eigenvalue weighted by Crippen LogP contribution is 2.41. The van der Waals surface area contributed by atoms with Gasteiger partial charge in [0.15, 0.2) is 16.7 Å². The van der Waals surface area contributed by atoms with Crippen LogP contribution in [0.15, 0.2) is 44.0 Å². The Kier molecular flexibility index (Phi) is 7.49. The Morgan fingerprint density at radius 1 is 1.31 bits per heavy atom. The van der Waals surface area contributed by atoms with Crippen molar-refractivity contribution in [2.45, 2.75) is 56.5 Å². The highest BCUT2D eigenvalue weighted by Gasteiger charge is 2.54. The lowest BCUT2D eigenvalue weighted by atomic mass is 10.0. The van der Waals surface area contributed by atoms with Crippen molar-refractivity contribution in [2.24, 2.45) is 5.16 Å². The molecule has 2 saturated heterocycles. The number of carboxylic acids is 1. The van der Waals surface area contributed by atoms with Gasteiger partial charge in [-0.15, -0.1) is 23.1 Å². The number of thiazole rings is 1. The maximum absolute atomic E-state index is 13.3. The summed E-state index contributed by atoms with van der Waals surface area (Å²) in [6.07, 6.45) is 5.52. The second-order valence-electron chi connectivity index (χ2n) is 10.2. The molecule has 3 fully saturated rings. The number of aryl methyl sites for hydroxylation is 1. The molecular formula is C26H27N7O7S2. The standard InChI is InChI=1S/C26H27N7O7S2/c1-12-8-17(30-39-12)32-7-6-13(22(32)35)9-14-10-41-24-19(23(36)33(24)20(14)25(37)38)29-21(34)18(16-11-42-26(27)28-16)31-40-15-4-2-3-5-15/h8-9,11,15,19,24H,2-7,10H2,1H3,(H2,27,28)(H,29,34)(H,37,38)/b13-9+,31-18-/t19-,24-/m1/s1. The Bertz CT molecular complexity index is 1550. The van der Waals surface area contributed by atoms with E-state index in [1.165, 1.54) is 16.7 Å². The molecule has 0 bridgehead atoms. The predicted molar refractivity (Wildman–Crippen MR) is 152 cm³/mol.